The molecule has 1 unspecified atom stereocenters. The van der Waals surface area contributed by atoms with E-state index in [2.05, 4.69) is 26.1 Å². The van der Waals surface area contributed by atoms with Gasteiger partial charge < -0.3 is 15.2 Å². The highest BCUT2D eigenvalue weighted by atomic mass is 16.5. The van der Waals surface area contributed by atoms with E-state index in [9.17, 15) is 5.11 Å². The van der Waals surface area contributed by atoms with Gasteiger partial charge in [0.2, 0.25) is 0 Å². The maximum Gasteiger partial charge on any atom is 0.0897 e. The lowest BCUT2D eigenvalue weighted by Gasteiger charge is -2.16. The fourth-order valence-electron chi connectivity index (χ4n) is 1.94. The predicted octanol–water partition coefficient (Wildman–Crippen LogP) is 2.97. The molecule has 3 nitrogen and oxygen atoms in total. The topological polar surface area (TPSA) is 41.5 Å². The minimum Gasteiger partial charge on any atom is -0.389 e. The number of aliphatic hydroxyl groups is 1. The second-order valence-corrected chi connectivity index (χ2v) is 5.13. The zero-order valence-corrected chi connectivity index (χ0v) is 12.6. The zero-order valence-electron chi connectivity index (χ0n) is 12.6. The van der Waals surface area contributed by atoms with E-state index in [0.717, 1.165) is 25.5 Å². The molecule has 18 heavy (non-hydrogen) atoms. The van der Waals surface area contributed by atoms with Crippen LogP contribution < -0.4 is 5.32 Å². The van der Waals surface area contributed by atoms with Crippen LogP contribution in [0.1, 0.15) is 59.3 Å². The Morgan fingerprint density at radius 2 is 1.72 bits per heavy atom. The molecule has 0 spiro atoms. The van der Waals surface area contributed by atoms with E-state index in [1.165, 1.54) is 32.1 Å². The molecule has 0 fully saturated rings. The van der Waals surface area contributed by atoms with Crippen molar-refractivity contribution in [2.75, 3.05) is 26.3 Å². The summed E-state index contributed by atoms with van der Waals surface area (Å²) in [6.07, 6.45) is 6.92. The molecule has 0 rings (SSSR count). The van der Waals surface area contributed by atoms with Gasteiger partial charge >= 0.3 is 0 Å². The lowest BCUT2D eigenvalue weighted by Crippen LogP contribution is -2.33. The second-order valence-electron chi connectivity index (χ2n) is 5.13. The summed E-state index contributed by atoms with van der Waals surface area (Å²) >= 11 is 0. The summed E-state index contributed by atoms with van der Waals surface area (Å²) < 4.78 is 5.46. The van der Waals surface area contributed by atoms with Gasteiger partial charge in [-0.2, -0.15) is 0 Å². The number of unbranched alkanes of at least 4 members (excludes halogenated alkanes) is 3. The molecule has 0 radical (unpaired) electrons. The molecule has 0 saturated heterocycles. The molecule has 0 aliphatic carbocycles. The van der Waals surface area contributed by atoms with Gasteiger partial charge in [-0.1, -0.05) is 52.9 Å². The molecule has 2 N–H and O–H groups in total. The third-order valence-corrected chi connectivity index (χ3v) is 3.42. The first-order valence-corrected chi connectivity index (χ1v) is 7.71. The molecule has 1 atom stereocenters. The molecule has 3 heteroatoms. The Labute approximate surface area is 113 Å². The summed E-state index contributed by atoms with van der Waals surface area (Å²) in [5.41, 5.74) is 0. The van der Waals surface area contributed by atoms with Crippen molar-refractivity contribution in [3.8, 4) is 0 Å². The summed E-state index contributed by atoms with van der Waals surface area (Å²) in [4.78, 5) is 0. The van der Waals surface area contributed by atoms with Crippen LogP contribution in [0.4, 0.5) is 0 Å². The normalized spacial score (nSPS) is 13.2. The van der Waals surface area contributed by atoms with Crippen LogP contribution in [0, 0.1) is 5.92 Å². The summed E-state index contributed by atoms with van der Waals surface area (Å²) in [7, 11) is 0. The first-order valence-electron chi connectivity index (χ1n) is 7.71. The fourth-order valence-corrected chi connectivity index (χ4v) is 1.94. The minimum atomic E-state index is -0.370. The molecular weight excluding hydrogens is 226 g/mol. The van der Waals surface area contributed by atoms with Crippen LogP contribution in [0.5, 0.6) is 0 Å². The van der Waals surface area contributed by atoms with Gasteiger partial charge in [-0.25, -0.2) is 0 Å². The third-order valence-electron chi connectivity index (χ3n) is 3.42. The van der Waals surface area contributed by atoms with Crippen LogP contribution in [-0.2, 0) is 4.74 Å². The Kier molecular flexibility index (Phi) is 13.2. The molecular formula is C15H33NO2. The van der Waals surface area contributed by atoms with Gasteiger partial charge in [-0.05, 0) is 18.9 Å². The molecule has 0 aromatic heterocycles. The highest BCUT2D eigenvalue weighted by molar-refractivity contribution is 4.62. The number of hydrogen-bond acceptors (Lipinski definition) is 3. The fraction of sp³-hybridized carbons (Fsp3) is 1.00. The molecule has 0 aromatic carbocycles. The summed E-state index contributed by atoms with van der Waals surface area (Å²) in [5.74, 6) is 0.729. The van der Waals surface area contributed by atoms with Gasteiger partial charge in [0.05, 0.1) is 12.7 Å². The molecule has 0 saturated carbocycles. The van der Waals surface area contributed by atoms with Crippen LogP contribution in [0.15, 0.2) is 0 Å². The van der Waals surface area contributed by atoms with Crippen LogP contribution >= 0.6 is 0 Å². The number of nitrogens with one attached hydrogen (secondary N) is 1. The van der Waals surface area contributed by atoms with Crippen molar-refractivity contribution in [1.82, 2.24) is 5.32 Å². The van der Waals surface area contributed by atoms with Crippen molar-refractivity contribution in [2.45, 2.75) is 65.4 Å². The predicted molar refractivity (Wildman–Crippen MR) is 77.9 cm³/mol. The van der Waals surface area contributed by atoms with Gasteiger partial charge in [-0.15, -0.1) is 0 Å². The van der Waals surface area contributed by atoms with E-state index < -0.39 is 0 Å². The van der Waals surface area contributed by atoms with E-state index in [1.54, 1.807) is 0 Å². The lowest BCUT2D eigenvalue weighted by atomic mass is 10.0. The Hall–Kier alpha value is -0.120. The Morgan fingerprint density at radius 3 is 2.33 bits per heavy atom. The first-order chi connectivity index (χ1) is 8.74. The van der Waals surface area contributed by atoms with Crippen molar-refractivity contribution in [1.29, 1.82) is 0 Å². The number of aliphatic hydroxyl groups excluding tert-OH is 1. The molecule has 0 aromatic rings. The first kappa shape index (κ1) is 17.9. The Balaban J connectivity index is 3.29. The maximum atomic E-state index is 9.72. The average Bonchev–Trinajstić information content (AvgIpc) is 2.39. The zero-order chi connectivity index (χ0) is 13.6. The van der Waals surface area contributed by atoms with Gasteiger partial charge in [0.25, 0.3) is 0 Å². The lowest BCUT2D eigenvalue weighted by molar-refractivity contribution is 0.0350. The SMILES string of the molecule is CCCCCCOCC(O)CNCC(CC)CC. The molecule has 0 aliphatic heterocycles. The highest BCUT2D eigenvalue weighted by Gasteiger charge is 2.06. The molecule has 0 aliphatic rings. The van der Waals surface area contributed by atoms with E-state index in [4.69, 9.17) is 4.74 Å². The highest BCUT2D eigenvalue weighted by Crippen LogP contribution is 2.05. The van der Waals surface area contributed by atoms with E-state index in [1.807, 2.05) is 0 Å². The molecule has 0 heterocycles. The van der Waals surface area contributed by atoms with Gasteiger partial charge in [0.15, 0.2) is 0 Å². The molecule has 0 bridgehead atoms. The number of rotatable bonds is 13. The Bertz CT molecular complexity index is 161. The number of hydrogen-bond donors (Lipinski definition) is 2. The maximum absolute atomic E-state index is 9.72. The molecule has 110 valence electrons. The van der Waals surface area contributed by atoms with Gasteiger partial charge in [-0.3, -0.25) is 0 Å². The van der Waals surface area contributed by atoms with Crippen molar-refractivity contribution < 1.29 is 9.84 Å². The summed E-state index contributed by atoms with van der Waals surface area (Å²) in [5, 5.41) is 13.0. The average molecular weight is 259 g/mol. The number of ether oxygens (including phenoxy) is 1. The second kappa shape index (κ2) is 13.3. The van der Waals surface area contributed by atoms with Crippen molar-refractivity contribution in [3.63, 3.8) is 0 Å². The van der Waals surface area contributed by atoms with Crippen LogP contribution in [0.25, 0.3) is 0 Å². The van der Waals surface area contributed by atoms with Crippen molar-refractivity contribution in [3.05, 3.63) is 0 Å². The Morgan fingerprint density at radius 1 is 1.00 bits per heavy atom. The van der Waals surface area contributed by atoms with Crippen LogP contribution in [-0.4, -0.2) is 37.5 Å². The largest absolute Gasteiger partial charge is 0.389 e. The standard InChI is InChI=1S/C15H33NO2/c1-4-7-8-9-10-18-13-15(17)12-16-11-14(5-2)6-3/h14-17H,4-13H2,1-3H3. The minimum absolute atomic E-state index is 0.370. The van der Waals surface area contributed by atoms with E-state index >= 15 is 0 Å². The van der Waals surface area contributed by atoms with Gasteiger partial charge in [0.1, 0.15) is 0 Å². The smallest absolute Gasteiger partial charge is 0.0897 e. The monoisotopic (exact) mass is 259 g/mol. The van der Waals surface area contributed by atoms with Crippen LogP contribution in [0.3, 0.4) is 0 Å². The third kappa shape index (κ3) is 11.0. The molecule has 0 amide bonds. The van der Waals surface area contributed by atoms with E-state index in [0.29, 0.717) is 13.2 Å². The van der Waals surface area contributed by atoms with Gasteiger partial charge in [0, 0.05) is 13.2 Å². The summed E-state index contributed by atoms with van der Waals surface area (Å²) in [6.45, 7) is 9.52. The summed E-state index contributed by atoms with van der Waals surface area (Å²) in [6, 6.07) is 0. The van der Waals surface area contributed by atoms with Crippen molar-refractivity contribution >= 4 is 0 Å². The quantitative estimate of drug-likeness (QED) is 0.500. The van der Waals surface area contributed by atoms with E-state index in [-0.39, 0.29) is 6.10 Å². The van der Waals surface area contributed by atoms with Crippen LogP contribution in [0.2, 0.25) is 0 Å². The van der Waals surface area contributed by atoms with Crippen molar-refractivity contribution in [2.24, 2.45) is 5.92 Å².